The van der Waals surface area contributed by atoms with Gasteiger partial charge in [0.25, 0.3) is 15.9 Å². The maximum Gasteiger partial charge on any atom is 0.287 e. The highest BCUT2D eigenvalue weighted by Crippen LogP contribution is 2.26. The Hall–Kier alpha value is -3.79. The Morgan fingerprint density at radius 2 is 1.81 bits per heavy atom. The summed E-state index contributed by atoms with van der Waals surface area (Å²) in [7, 11) is -2.50. The van der Waals surface area contributed by atoms with E-state index in [1.54, 1.807) is 36.4 Å². The zero-order valence-electron chi connectivity index (χ0n) is 16.8. The van der Waals surface area contributed by atoms with Crippen molar-refractivity contribution in [2.75, 3.05) is 17.1 Å². The average molecular weight is 443 g/mol. The predicted octanol–water partition coefficient (Wildman–Crippen LogP) is 2.85. The number of methoxy groups -OCH3 is 1. The van der Waals surface area contributed by atoms with Gasteiger partial charge < -0.3 is 19.8 Å². The number of carbonyl (C=O) groups is 2. The van der Waals surface area contributed by atoms with Crippen molar-refractivity contribution in [2.45, 2.75) is 17.9 Å². The number of amides is 2. The van der Waals surface area contributed by atoms with Gasteiger partial charge >= 0.3 is 0 Å². The molecule has 0 aliphatic carbocycles. The number of para-hydroxylation sites is 2. The average Bonchev–Trinajstić information content (AvgIpc) is 3.29. The Labute approximate surface area is 179 Å². The summed E-state index contributed by atoms with van der Waals surface area (Å²) in [6, 6.07) is 14.5. The van der Waals surface area contributed by atoms with Gasteiger partial charge in [-0.2, -0.15) is 0 Å². The molecule has 1 heterocycles. The molecule has 1 atom stereocenters. The van der Waals surface area contributed by atoms with Crippen LogP contribution in [-0.4, -0.2) is 33.4 Å². The van der Waals surface area contributed by atoms with Crippen LogP contribution in [0.4, 0.5) is 11.4 Å². The molecule has 0 fully saturated rings. The third kappa shape index (κ3) is 5.43. The van der Waals surface area contributed by atoms with Crippen LogP contribution < -0.4 is 20.1 Å². The number of hydrogen-bond donors (Lipinski definition) is 3. The highest BCUT2D eigenvalue weighted by molar-refractivity contribution is 7.92. The number of sulfonamides is 1. The van der Waals surface area contributed by atoms with E-state index in [4.69, 9.17) is 9.15 Å². The van der Waals surface area contributed by atoms with E-state index >= 15 is 0 Å². The Balaban J connectivity index is 1.70. The summed E-state index contributed by atoms with van der Waals surface area (Å²) < 4.78 is 38.2. The minimum Gasteiger partial charge on any atom is -0.495 e. The second kappa shape index (κ2) is 9.35. The molecule has 0 aliphatic heterocycles. The summed E-state index contributed by atoms with van der Waals surface area (Å²) in [6.07, 6.45) is 1.35. The number of nitrogens with one attached hydrogen (secondary N) is 3. The van der Waals surface area contributed by atoms with E-state index in [-0.39, 0.29) is 22.0 Å². The van der Waals surface area contributed by atoms with E-state index in [0.717, 1.165) is 0 Å². The molecule has 9 nitrogen and oxygen atoms in total. The SMILES string of the molecule is COc1ccccc1NS(=O)(=O)c1cccc(NC(=O)[C@H](C)NC(=O)c2ccco2)c1. The Morgan fingerprint density at radius 3 is 2.52 bits per heavy atom. The fraction of sp³-hybridized carbons (Fsp3) is 0.143. The van der Waals surface area contributed by atoms with E-state index in [1.165, 1.54) is 44.6 Å². The second-order valence-electron chi connectivity index (χ2n) is 6.50. The van der Waals surface area contributed by atoms with Gasteiger partial charge in [-0.15, -0.1) is 0 Å². The molecule has 1 aromatic heterocycles. The standard InChI is InChI=1S/C21H21N3O6S/c1-14(22-21(26)19-11-6-12-30-19)20(25)23-15-7-5-8-16(13-15)31(27,28)24-17-9-3-4-10-18(17)29-2/h3-14,24H,1-2H3,(H,22,26)(H,23,25)/t14-/m0/s1. The lowest BCUT2D eigenvalue weighted by Gasteiger charge is -2.15. The number of benzene rings is 2. The molecule has 0 saturated heterocycles. The highest BCUT2D eigenvalue weighted by atomic mass is 32.2. The summed E-state index contributed by atoms with van der Waals surface area (Å²) in [5, 5.41) is 5.09. The van der Waals surface area contributed by atoms with E-state index in [2.05, 4.69) is 15.4 Å². The van der Waals surface area contributed by atoms with Crippen molar-refractivity contribution in [2.24, 2.45) is 0 Å². The number of ether oxygens (including phenoxy) is 1. The highest BCUT2D eigenvalue weighted by Gasteiger charge is 2.20. The van der Waals surface area contributed by atoms with Crippen LogP contribution in [0.1, 0.15) is 17.5 Å². The molecule has 0 spiro atoms. The van der Waals surface area contributed by atoms with Crippen molar-refractivity contribution in [1.29, 1.82) is 0 Å². The van der Waals surface area contributed by atoms with Crippen LogP contribution in [0.2, 0.25) is 0 Å². The van der Waals surface area contributed by atoms with Crippen LogP contribution in [0, 0.1) is 0 Å². The van der Waals surface area contributed by atoms with Crippen LogP contribution in [0.15, 0.2) is 76.2 Å². The topological polar surface area (TPSA) is 127 Å². The van der Waals surface area contributed by atoms with Crippen LogP contribution in [0.3, 0.4) is 0 Å². The van der Waals surface area contributed by atoms with Crippen molar-refractivity contribution >= 4 is 33.2 Å². The fourth-order valence-electron chi connectivity index (χ4n) is 2.67. The fourth-order valence-corrected chi connectivity index (χ4v) is 3.78. The van der Waals surface area contributed by atoms with Crippen molar-refractivity contribution < 1.29 is 27.2 Å². The quantitative estimate of drug-likeness (QED) is 0.491. The lowest BCUT2D eigenvalue weighted by molar-refractivity contribution is -0.117. The molecule has 3 aromatic rings. The van der Waals surface area contributed by atoms with Gasteiger partial charge in [0.15, 0.2) is 5.76 Å². The van der Waals surface area contributed by atoms with Gasteiger partial charge in [-0.1, -0.05) is 18.2 Å². The first kappa shape index (κ1) is 21.9. The van der Waals surface area contributed by atoms with Crippen molar-refractivity contribution in [1.82, 2.24) is 5.32 Å². The van der Waals surface area contributed by atoms with Crippen LogP contribution >= 0.6 is 0 Å². The van der Waals surface area contributed by atoms with Crippen molar-refractivity contribution in [3.8, 4) is 5.75 Å². The first-order valence-electron chi connectivity index (χ1n) is 9.21. The number of anilines is 2. The van der Waals surface area contributed by atoms with Crippen LogP contribution in [0.25, 0.3) is 0 Å². The van der Waals surface area contributed by atoms with Gasteiger partial charge in [0.2, 0.25) is 5.91 Å². The molecule has 0 saturated carbocycles. The third-order valence-electron chi connectivity index (χ3n) is 4.25. The minimum atomic E-state index is -3.94. The summed E-state index contributed by atoms with van der Waals surface area (Å²) >= 11 is 0. The largest absolute Gasteiger partial charge is 0.495 e. The van der Waals surface area contributed by atoms with Gasteiger partial charge in [-0.05, 0) is 49.4 Å². The van der Waals surface area contributed by atoms with Gasteiger partial charge in [0, 0.05) is 5.69 Å². The second-order valence-corrected chi connectivity index (χ2v) is 8.18. The molecule has 2 aromatic carbocycles. The molecule has 0 aliphatic rings. The Morgan fingerprint density at radius 1 is 1.03 bits per heavy atom. The number of furan rings is 1. The molecular weight excluding hydrogens is 422 g/mol. The monoisotopic (exact) mass is 443 g/mol. The van der Waals surface area contributed by atoms with Crippen molar-refractivity contribution in [3.05, 3.63) is 72.7 Å². The van der Waals surface area contributed by atoms with Gasteiger partial charge in [-0.3, -0.25) is 14.3 Å². The zero-order valence-corrected chi connectivity index (χ0v) is 17.6. The normalized spacial score (nSPS) is 11.9. The number of carbonyl (C=O) groups excluding carboxylic acids is 2. The van der Waals surface area contributed by atoms with Gasteiger partial charge in [0.1, 0.15) is 11.8 Å². The van der Waals surface area contributed by atoms with E-state index < -0.39 is 27.9 Å². The van der Waals surface area contributed by atoms with E-state index in [0.29, 0.717) is 5.75 Å². The molecule has 0 radical (unpaired) electrons. The zero-order chi connectivity index (χ0) is 22.4. The molecule has 0 unspecified atom stereocenters. The third-order valence-corrected chi connectivity index (χ3v) is 5.61. The minimum absolute atomic E-state index is 0.0523. The molecule has 10 heteroatoms. The first-order chi connectivity index (χ1) is 14.8. The molecule has 0 bridgehead atoms. The van der Waals surface area contributed by atoms with Crippen LogP contribution in [-0.2, 0) is 14.8 Å². The molecule has 3 N–H and O–H groups in total. The van der Waals surface area contributed by atoms with E-state index in [9.17, 15) is 18.0 Å². The smallest absolute Gasteiger partial charge is 0.287 e. The number of rotatable bonds is 8. The lowest BCUT2D eigenvalue weighted by atomic mass is 10.2. The van der Waals surface area contributed by atoms with Gasteiger partial charge in [0.05, 0.1) is 24.0 Å². The Bertz CT molecular complexity index is 1180. The summed E-state index contributed by atoms with van der Waals surface area (Å²) in [4.78, 5) is 24.4. The molecule has 2 amide bonds. The molecular formula is C21H21N3O6S. The molecule has 31 heavy (non-hydrogen) atoms. The maximum atomic E-state index is 12.8. The summed E-state index contributed by atoms with van der Waals surface area (Å²) in [6.45, 7) is 1.50. The Kier molecular flexibility index (Phi) is 6.61. The maximum absolute atomic E-state index is 12.8. The molecule has 162 valence electrons. The van der Waals surface area contributed by atoms with Gasteiger partial charge in [-0.25, -0.2) is 8.42 Å². The lowest BCUT2D eigenvalue weighted by Crippen LogP contribution is -2.41. The summed E-state index contributed by atoms with van der Waals surface area (Å²) in [5.41, 5.74) is 0.542. The first-order valence-corrected chi connectivity index (χ1v) is 10.7. The van der Waals surface area contributed by atoms with Crippen molar-refractivity contribution in [3.63, 3.8) is 0 Å². The number of hydrogen-bond acceptors (Lipinski definition) is 6. The molecule has 3 rings (SSSR count). The van der Waals surface area contributed by atoms with Crippen LogP contribution in [0.5, 0.6) is 5.75 Å². The summed E-state index contributed by atoms with van der Waals surface area (Å²) in [5.74, 6) is -0.607. The van der Waals surface area contributed by atoms with E-state index in [1.807, 2.05) is 0 Å². The predicted molar refractivity (Wildman–Crippen MR) is 115 cm³/mol.